The lowest BCUT2D eigenvalue weighted by Crippen LogP contribution is -2.43. The van der Waals surface area contributed by atoms with Crippen molar-refractivity contribution in [1.29, 1.82) is 0 Å². The number of likely N-dealkylation sites (N-methyl/N-ethyl adjacent to an activating group) is 1. The molecule has 0 spiro atoms. The number of H-pyrrole nitrogens is 1. The van der Waals surface area contributed by atoms with Gasteiger partial charge in [0.15, 0.2) is 0 Å². The average molecular weight is 287 g/mol. The molecule has 1 atom stereocenters. The van der Waals surface area contributed by atoms with Crippen LogP contribution in [0.3, 0.4) is 0 Å². The molecule has 2 rings (SSSR count). The summed E-state index contributed by atoms with van der Waals surface area (Å²) in [5.41, 5.74) is 3.59. The van der Waals surface area contributed by atoms with E-state index in [-0.39, 0.29) is 11.9 Å². The molecule has 1 unspecified atom stereocenters. The summed E-state index contributed by atoms with van der Waals surface area (Å²) >= 11 is 0. The summed E-state index contributed by atoms with van der Waals surface area (Å²) in [5.74, 6) is 0.0908. The summed E-state index contributed by atoms with van der Waals surface area (Å²) in [6.07, 6.45) is 0.962. The Morgan fingerprint density at radius 3 is 2.76 bits per heavy atom. The van der Waals surface area contributed by atoms with Gasteiger partial charge in [-0.3, -0.25) is 9.69 Å². The molecule has 0 bridgehead atoms. The quantitative estimate of drug-likeness (QED) is 0.858. The van der Waals surface area contributed by atoms with E-state index in [9.17, 15) is 4.79 Å². The molecular formula is C17H25N3O. The van der Waals surface area contributed by atoms with Crippen LogP contribution in [0.25, 0.3) is 10.9 Å². The third-order valence-corrected chi connectivity index (χ3v) is 4.07. The minimum atomic E-state index is -0.137. The van der Waals surface area contributed by atoms with E-state index >= 15 is 0 Å². The molecule has 0 radical (unpaired) electrons. The summed E-state index contributed by atoms with van der Waals surface area (Å²) < 4.78 is 0. The van der Waals surface area contributed by atoms with Gasteiger partial charge in [0.25, 0.3) is 0 Å². The van der Waals surface area contributed by atoms with Crippen LogP contribution in [-0.4, -0.2) is 35.4 Å². The minimum absolute atomic E-state index is 0.0908. The highest BCUT2D eigenvalue weighted by molar-refractivity contribution is 5.84. The Kier molecular flexibility index (Phi) is 5.02. The SMILES string of the molecule is CCCNC(=O)C(C)N(C)Cc1[nH]c2ccccc2c1C. The van der Waals surface area contributed by atoms with Gasteiger partial charge in [0.1, 0.15) is 0 Å². The number of hydrogen-bond donors (Lipinski definition) is 2. The fourth-order valence-corrected chi connectivity index (χ4v) is 2.48. The van der Waals surface area contributed by atoms with Crippen LogP contribution in [-0.2, 0) is 11.3 Å². The smallest absolute Gasteiger partial charge is 0.237 e. The van der Waals surface area contributed by atoms with E-state index in [2.05, 4.69) is 47.2 Å². The number of rotatable bonds is 6. The number of para-hydroxylation sites is 1. The Morgan fingerprint density at radius 1 is 1.38 bits per heavy atom. The second-order valence-electron chi connectivity index (χ2n) is 5.66. The van der Waals surface area contributed by atoms with Gasteiger partial charge in [0.05, 0.1) is 6.04 Å². The van der Waals surface area contributed by atoms with Gasteiger partial charge in [-0.05, 0) is 38.9 Å². The maximum Gasteiger partial charge on any atom is 0.237 e. The van der Waals surface area contributed by atoms with Crippen molar-refractivity contribution < 1.29 is 4.79 Å². The zero-order valence-electron chi connectivity index (χ0n) is 13.4. The van der Waals surface area contributed by atoms with Gasteiger partial charge in [-0.2, -0.15) is 0 Å². The van der Waals surface area contributed by atoms with Crippen molar-refractivity contribution in [3.05, 3.63) is 35.5 Å². The average Bonchev–Trinajstić information content (AvgIpc) is 2.80. The summed E-state index contributed by atoms with van der Waals surface area (Å²) in [6.45, 7) is 7.61. The first-order valence-corrected chi connectivity index (χ1v) is 7.58. The van der Waals surface area contributed by atoms with Gasteiger partial charge in [0, 0.05) is 29.7 Å². The molecule has 2 aromatic rings. The number of aryl methyl sites for hydroxylation is 1. The Balaban J connectivity index is 2.08. The van der Waals surface area contributed by atoms with Crippen molar-refractivity contribution >= 4 is 16.8 Å². The standard InChI is InChI=1S/C17H25N3O/c1-5-10-18-17(21)13(3)20(4)11-16-12(2)14-8-6-7-9-15(14)19-16/h6-9,13,19H,5,10-11H2,1-4H3,(H,18,21). The highest BCUT2D eigenvalue weighted by atomic mass is 16.2. The number of aromatic amines is 1. The maximum atomic E-state index is 12.0. The van der Waals surface area contributed by atoms with Gasteiger partial charge < -0.3 is 10.3 Å². The van der Waals surface area contributed by atoms with Gasteiger partial charge in [-0.25, -0.2) is 0 Å². The molecule has 0 fully saturated rings. The van der Waals surface area contributed by atoms with Crippen LogP contribution in [0.1, 0.15) is 31.5 Å². The summed E-state index contributed by atoms with van der Waals surface area (Å²) in [6, 6.07) is 8.16. The molecule has 2 N–H and O–H groups in total. The zero-order valence-corrected chi connectivity index (χ0v) is 13.4. The molecule has 1 amide bonds. The van der Waals surface area contributed by atoms with Crippen molar-refractivity contribution in [3.63, 3.8) is 0 Å². The maximum absolute atomic E-state index is 12.0. The van der Waals surface area contributed by atoms with Crippen LogP contribution in [0.2, 0.25) is 0 Å². The number of amides is 1. The van der Waals surface area contributed by atoms with E-state index in [1.165, 1.54) is 16.6 Å². The molecule has 0 aliphatic rings. The largest absolute Gasteiger partial charge is 0.357 e. The van der Waals surface area contributed by atoms with E-state index in [0.29, 0.717) is 0 Å². The molecule has 114 valence electrons. The first kappa shape index (κ1) is 15.6. The second kappa shape index (κ2) is 6.76. The lowest BCUT2D eigenvalue weighted by atomic mass is 10.1. The van der Waals surface area contributed by atoms with Crippen molar-refractivity contribution in [2.45, 2.75) is 39.8 Å². The molecule has 21 heavy (non-hydrogen) atoms. The Hall–Kier alpha value is -1.81. The Morgan fingerprint density at radius 2 is 2.10 bits per heavy atom. The van der Waals surface area contributed by atoms with E-state index in [1.807, 2.05) is 20.0 Å². The highest BCUT2D eigenvalue weighted by Crippen LogP contribution is 2.22. The van der Waals surface area contributed by atoms with Crippen LogP contribution >= 0.6 is 0 Å². The van der Waals surface area contributed by atoms with Crippen LogP contribution in [0.4, 0.5) is 0 Å². The van der Waals surface area contributed by atoms with Crippen LogP contribution in [0.5, 0.6) is 0 Å². The van der Waals surface area contributed by atoms with Crippen LogP contribution < -0.4 is 5.32 Å². The third kappa shape index (κ3) is 3.45. The molecule has 4 heteroatoms. The monoisotopic (exact) mass is 287 g/mol. The topological polar surface area (TPSA) is 48.1 Å². The fourth-order valence-electron chi connectivity index (χ4n) is 2.48. The predicted molar refractivity (Wildman–Crippen MR) is 87.3 cm³/mol. The second-order valence-corrected chi connectivity index (χ2v) is 5.66. The summed E-state index contributed by atoms with van der Waals surface area (Å²) in [4.78, 5) is 17.6. The number of nitrogens with one attached hydrogen (secondary N) is 2. The first-order chi connectivity index (χ1) is 10.0. The lowest BCUT2D eigenvalue weighted by Gasteiger charge is -2.23. The molecule has 0 aliphatic heterocycles. The number of hydrogen-bond acceptors (Lipinski definition) is 2. The first-order valence-electron chi connectivity index (χ1n) is 7.58. The molecule has 0 saturated carbocycles. The van der Waals surface area contributed by atoms with Crippen molar-refractivity contribution in [2.24, 2.45) is 0 Å². The third-order valence-electron chi connectivity index (χ3n) is 4.07. The van der Waals surface area contributed by atoms with Gasteiger partial charge in [-0.15, -0.1) is 0 Å². The van der Waals surface area contributed by atoms with E-state index in [0.717, 1.165) is 25.0 Å². The molecular weight excluding hydrogens is 262 g/mol. The van der Waals surface area contributed by atoms with Gasteiger partial charge in [0.2, 0.25) is 5.91 Å². The normalized spacial score (nSPS) is 12.8. The molecule has 1 aromatic carbocycles. The van der Waals surface area contributed by atoms with Crippen molar-refractivity contribution in [3.8, 4) is 0 Å². The summed E-state index contributed by atoms with van der Waals surface area (Å²) in [5, 5.41) is 4.20. The molecule has 0 aliphatic carbocycles. The number of fused-ring (bicyclic) bond motifs is 1. The zero-order chi connectivity index (χ0) is 15.4. The Bertz CT molecular complexity index is 618. The predicted octanol–water partition coefficient (Wildman–Crippen LogP) is 2.82. The number of aromatic nitrogens is 1. The number of carbonyl (C=O) groups is 1. The van der Waals surface area contributed by atoms with E-state index < -0.39 is 0 Å². The molecule has 1 aromatic heterocycles. The van der Waals surface area contributed by atoms with Crippen molar-refractivity contribution in [1.82, 2.24) is 15.2 Å². The van der Waals surface area contributed by atoms with E-state index in [1.54, 1.807) is 0 Å². The number of nitrogens with zero attached hydrogens (tertiary/aromatic N) is 1. The molecule has 0 saturated heterocycles. The summed E-state index contributed by atoms with van der Waals surface area (Å²) in [7, 11) is 1.99. The molecule has 1 heterocycles. The van der Waals surface area contributed by atoms with Gasteiger partial charge >= 0.3 is 0 Å². The lowest BCUT2D eigenvalue weighted by molar-refractivity contribution is -0.125. The van der Waals surface area contributed by atoms with Crippen LogP contribution in [0.15, 0.2) is 24.3 Å². The number of carbonyl (C=O) groups excluding carboxylic acids is 1. The van der Waals surface area contributed by atoms with E-state index in [4.69, 9.17) is 0 Å². The Labute approximate surface area is 126 Å². The minimum Gasteiger partial charge on any atom is -0.357 e. The van der Waals surface area contributed by atoms with Gasteiger partial charge in [-0.1, -0.05) is 25.1 Å². The van der Waals surface area contributed by atoms with Crippen LogP contribution in [0, 0.1) is 6.92 Å². The number of benzene rings is 1. The fraction of sp³-hybridized carbons (Fsp3) is 0.471. The molecule has 4 nitrogen and oxygen atoms in total. The van der Waals surface area contributed by atoms with Crippen molar-refractivity contribution in [2.75, 3.05) is 13.6 Å². The highest BCUT2D eigenvalue weighted by Gasteiger charge is 2.19.